The van der Waals surface area contributed by atoms with Gasteiger partial charge in [0.1, 0.15) is 0 Å². The Morgan fingerprint density at radius 1 is 1.23 bits per heavy atom. The van der Waals surface area contributed by atoms with Gasteiger partial charge in [0.2, 0.25) is 5.91 Å². The first-order chi connectivity index (χ1) is 12.1. The van der Waals surface area contributed by atoms with Gasteiger partial charge >= 0.3 is 0 Å². The summed E-state index contributed by atoms with van der Waals surface area (Å²) in [5, 5.41) is 6.61. The Bertz CT molecular complexity index is 522. The van der Waals surface area contributed by atoms with Crippen molar-refractivity contribution >= 4 is 35.8 Å². The van der Waals surface area contributed by atoms with E-state index in [9.17, 15) is 4.79 Å². The first-order valence-corrected chi connectivity index (χ1v) is 9.31. The van der Waals surface area contributed by atoms with Crippen molar-refractivity contribution < 1.29 is 4.79 Å². The summed E-state index contributed by atoms with van der Waals surface area (Å²) >= 11 is 0. The number of nitrogens with one attached hydrogen (secondary N) is 2. The minimum absolute atomic E-state index is 0. The van der Waals surface area contributed by atoms with Gasteiger partial charge in [0.15, 0.2) is 5.96 Å². The standard InChI is InChI=1S/C20H34N4O.HI/c1-5-6-8-11-17(2)23-20(21-3)22-15-14-19(25)24(4)16-18-12-9-7-10-13-18;/h7,9-10,12-13,17H,5-6,8,11,14-16H2,1-4H3,(H2,21,22,23);1H. The van der Waals surface area contributed by atoms with Crippen molar-refractivity contribution in [1.82, 2.24) is 15.5 Å². The topological polar surface area (TPSA) is 56.7 Å². The highest BCUT2D eigenvalue weighted by atomic mass is 127. The minimum atomic E-state index is 0. The molecule has 0 bridgehead atoms. The summed E-state index contributed by atoms with van der Waals surface area (Å²) < 4.78 is 0. The lowest BCUT2D eigenvalue weighted by molar-refractivity contribution is -0.130. The number of guanidine groups is 1. The number of carbonyl (C=O) groups is 1. The molecule has 5 nitrogen and oxygen atoms in total. The molecule has 0 aliphatic heterocycles. The van der Waals surface area contributed by atoms with Gasteiger partial charge in [0, 0.05) is 39.6 Å². The fraction of sp³-hybridized carbons (Fsp3) is 0.600. The molecule has 6 heteroatoms. The molecule has 2 N–H and O–H groups in total. The third-order valence-electron chi connectivity index (χ3n) is 4.17. The van der Waals surface area contributed by atoms with E-state index >= 15 is 0 Å². The van der Waals surface area contributed by atoms with E-state index in [1.165, 1.54) is 19.3 Å². The molecule has 0 fully saturated rings. The van der Waals surface area contributed by atoms with Crippen LogP contribution in [-0.4, -0.2) is 43.4 Å². The number of nitrogens with zero attached hydrogens (tertiary/aromatic N) is 2. The molecule has 1 amide bonds. The zero-order chi connectivity index (χ0) is 18.5. The van der Waals surface area contributed by atoms with Gasteiger partial charge in [-0.15, -0.1) is 24.0 Å². The van der Waals surface area contributed by atoms with Crippen LogP contribution in [0.15, 0.2) is 35.3 Å². The van der Waals surface area contributed by atoms with Crippen LogP contribution in [0.3, 0.4) is 0 Å². The number of unbranched alkanes of at least 4 members (excludes halogenated alkanes) is 2. The summed E-state index contributed by atoms with van der Waals surface area (Å²) in [4.78, 5) is 18.2. The van der Waals surface area contributed by atoms with Crippen LogP contribution in [0.1, 0.15) is 51.5 Å². The second kappa shape index (κ2) is 14.8. The molecule has 0 radical (unpaired) electrons. The highest BCUT2D eigenvalue weighted by Gasteiger charge is 2.10. The molecule has 1 rings (SSSR count). The van der Waals surface area contributed by atoms with Crippen LogP contribution in [0.5, 0.6) is 0 Å². The zero-order valence-electron chi connectivity index (χ0n) is 16.6. The number of carbonyl (C=O) groups excluding carboxylic acids is 1. The molecule has 1 atom stereocenters. The summed E-state index contributed by atoms with van der Waals surface area (Å²) in [6.45, 7) is 5.60. The Morgan fingerprint density at radius 2 is 1.92 bits per heavy atom. The summed E-state index contributed by atoms with van der Waals surface area (Å²) in [6, 6.07) is 10.4. The van der Waals surface area contributed by atoms with Gasteiger partial charge in [-0.2, -0.15) is 0 Å². The third kappa shape index (κ3) is 10.6. The average Bonchev–Trinajstić information content (AvgIpc) is 2.61. The molecule has 0 aliphatic carbocycles. The van der Waals surface area contributed by atoms with E-state index in [0.717, 1.165) is 17.9 Å². The smallest absolute Gasteiger partial charge is 0.224 e. The van der Waals surface area contributed by atoms with Crippen LogP contribution in [0.4, 0.5) is 0 Å². The van der Waals surface area contributed by atoms with Crippen molar-refractivity contribution in [2.75, 3.05) is 20.6 Å². The molecular formula is C20H35IN4O. The van der Waals surface area contributed by atoms with E-state index in [2.05, 4.69) is 29.5 Å². The van der Waals surface area contributed by atoms with Crippen molar-refractivity contribution in [3.8, 4) is 0 Å². The average molecular weight is 474 g/mol. The van der Waals surface area contributed by atoms with Crippen LogP contribution in [-0.2, 0) is 11.3 Å². The maximum Gasteiger partial charge on any atom is 0.224 e. The molecular weight excluding hydrogens is 439 g/mol. The third-order valence-corrected chi connectivity index (χ3v) is 4.17. The summed E-state index contributed by atoms with van der Waals surface area (Å²) in [7, 11) is 3.61. The van der Waals surface area contributed by atoms with Gasteiger partial charge < -0.3 is 15.5 Å². The van der Waals surface area contributed by atoms with Gasteiger partial charge in [0.05, 0.1) is 0 Å². The molecule has 26 heavy (non-hydrogen) atoms. The molecule has 1 aromatic carbocycles. The molecule has 0 aliphatic rings. The Morgan fingerprint density at radius 3 is 2.54 bits per heavy atom. The minimum Gasteiger partial charge on any atom is -0.356 e. The summed E-state index contributed by atoms with van der Waals surface area (Å²) in [5.41, 5.74) is 1.14. The van der Waals surface area contributed by atoms with Gasteiger partial charge in [-0.05, 0) is 18.9 Å². The lowest BCUT2D eigenvalue weighted by Crippen LogP contribution is -2.43. The molecule has 148 valence electrons. The van der Waals surface area contributed by atoms with Crippen molar-refractivity contribution in [2.45, 2.75) is 58.5 Å². The Hall–Kier alpha value is -1.31. The quantitative estimate of drug-likeness (QED) is 0.235. The van der Waals surface area contributed by atoms with Gasteiger partial charge in [-0.25, -0.2) is 0 Å². The molecule has 0 saturated heterocycles. The van der Waals surface area contributed by atoms with Crippen molar-refractivity contribution in [3.63, 3.8) is 0 Å². The number of halogens is 1. The van der Waals surface area contributed by atoms with Gasteiger partial charge in [-0.1, -0.05) is 56.5 Å². The first-order valence-electron chi connectivity index (χ1n) is 9.31. The predicted octanol–water partition coefficient (Wildman–Crippen LogP) is 3.79. The lowest BCUT2D eigenvalue weighted by Gasteiger charge is -2.20. The largest absolute Gasteiger partial charge is 0.356 e. The molecule has 1 unspecified atom stereocenters. The summed E-state index contributed by atoms with van der Waals surface area (Å²) in [5.74, 6) is 0.894. The fourth-order valence-electron chi connectivity index (χ4n) is 2.62. The van der Waals surface area contributed by atoms with E-state index < -0.39 is 0 Å². The highest BCUT2D eigenvalue weighted by Crippen LogP contribution is 2.04. The van der Waals surface area contributed by atoms with E-state index in [0.29, 0.717) is 25.6 Å². The number of benzene rings is 1. The second-order valence-electron chi connectivity index (χ2n) is 6.53. The normalized spacial score (nSPS) is 12.1. The van der Waals surface area contributed by atoms with Crippen LogP contribution >= 0.6 is 24.0 Å². The van der Waals surface area contributed by atoms with Crippen molar-refractivity contribution in [3.05, 3.63) is 35.9 Å². The SMILES string of the molecule is CCCCCC(C)NC(=NC)NCCC(=O)N(C)Cc1ccccc1.I. The zero-order valence-corrected chi connectivity index (χ0v) is 19.0. The van der Waals surface area contributed by atoms with Crippen LogP contribution in [0, 0.1) is 0 Å². The molecule has 0 spiro atoms. The maximum absolute atomic E-state index is 12.2. The second-order valence-corrected chi connectivity index (χ2v) is 6.53. The molecule has 0 aromatic heterocycles. The van der Waals surface area contributed by atoms with E-state index in [4.69, 9.17) is 0 Å². The highest BCUT2D eigenvalue weighted by molar-refractivity contribution is 14.0. The Labute approximate surface area is 176 Å². The van der Waals surface area contributed by atoms with Gasteiger partial charge in [0.25, 0.3) is 0 Å². The van der Waals surface area contributed by atoms with E-state index in [-0.39, 0.29) is 29.9 Å². The number of amides is 1. The Kier molecular flexibility index (Phi) is 14.1. The Balaban J connectivity index is 0.00000625. The fourth-order valence-corrected chi connectivity index (χ4v) is 2.62. The molecule has 0 heterocycles. The number of aliphatic imine (C=N–C) groups is 1. The predicted molar refractivity (Wildman–Crippen MR) is 121 cm³/mol. The number of hydrogen-bond acceptors (Lipinski definition) is 2. The van der Waals surface area contributed by atoms with Crippen LogP contribution < -0.4 is 10.6 Å². The van der Waals surface area contributed by atoms with Crippen molar-refractivity contribution in [1.29, 1.82) is 0 Å². The molecule has 0 saturated carbocycles. The van der Waals surface area contributed by atoms with Crippen molar-refractivity contribution in [2.24, 2.45) is 4.99 Å². The lowest BCUT2D eigenvalue weighted by atomic mass is 10.1. The number of hydrogen-bond donors (Lipinski definition) is 2. The molecule has 1 aromatic rings. The number of rotatable bonds is 10. The first kappa shape index (κ1) is 24.7. The van der Waals surface area contributed by atoms with E-state index in [1.54, 1.807) is 11.9 Å². The van der Waals surface area contributed by atoms with E-state index in [1.807, 2.05) is 37.4 Å². The monoisotopic (exact) mass is 474 g/mol. The van der Waals surface area contributed by atoms with Crippen LogP contribution in [0.2, 0.25) is 0 Å². The maximum atomic E-state index is 12.2. The summed E-state index contributed by atoms with van der Waals surface area (Å²) in [6.07, 6.45) is 5.31. The van der Waals surface area contributed by atoms with Gasteiger partial charge in [-0.3, -0.25) is 9.79 Å². The van der Waals surface area contributed by atoms with Crippen LogP contribution in [0.25, 0.3) is 0 Å².